The molecule has 0 saturated carbocycles. The van der Waals surface area contributed by atoms with Gasteiger partial charge in [-0.15, -0.1) is 0 Å². The van der Waals surface area contributed by atoms with Crippen LogP contribution in [0.5, 0.6) is 0 Å². The molecule has 2 atom stereocenters. The molecule has 0 heterocycles. The molecule has 6 nitrogen and oxygen atoms in total. The van der Waals surface area contributed by atoms with E-state index in [1.165, 1.54) is 0 Å². The number of carboxylic acids is 1. The van der Waals surface area contributed by atoms with Crippen LogP contribution in [-0.2, 0) is 14.4 Å². The summed E-state index contributed by atoms with van der Waals surface area (Å²) in [5, 5.41) is 14.0. The molecule has 20 heavy (non-hydrogen) atoms. The highest BCUT2D eigenvalue weighted by Crippen LogP contribution is 2.17. The SMILES string of the molecule is CCC(C)C(NC(=O)CNC(=O)CC(C)(C)C)C(=O)O. The predicted octanol–water partition coefficient (Wildman–Crippen LogP) is 1.15. The van der Waals surface area contributed by atoms with E-state index in [1.54, 1.807) is 6.92 Å². The van der Waals surface area contributed by atoms with Crippen LogP contribution in [0.3, 0.4) is 0 Å². The molecule has 2 unspecified atom stereocenters. The van der Waals surface area contributed by atoms with Gasteiger partial charge in [-0.1, -0.05) is 41.0 Å². The number of amides is 2. The van der Waals surface area contributed by atoms with Crippen LogP contribution in [0, 0.1) is 11.3 Å². The van der Waals surface area contributed by atoms with Crippen LogP contribution in [0.25, 0.3) is 0 Å². The van der Waals surface area contributed by atoms with E-state index in [9.17, 15) is 14.4 Å². The predicted molar refractivity (Wildman–Crippen MR) is 76.1 cm³/mol. The standard InChI is InChI=1S/C14H26N2O4/c1-6-9(2)12(13(19)20)16-11(18)8-15-10(17)7-14(3,4)5/h9,12H,6-8H2,1-5H3,(H,15,17)(H,16,18)(H,19,20). The van der Waals surface area contributed by atoms with Crippen molar-refractivity contribution in [3.63, 3.8) is 0 Å². The summed E-state index contributed by atoms with van der Waals surface area (Å²) in [5.41, 5.74) is -0.152. The summed E-state index contributed by atoms with van der Waals surface area (Å²) >= 11 is 0. The van der Waals surface area contributed by atoms with Crippen LogP contribution >= 0.6 is 0 Å². The van der Waals surface area contributed by atoms with Crippen molar-refractivity contribution < 1.29 is 19.5 Å². The monoisotopic (exact) mass is 286 g/mol. The molecular weight excluding hydrogens is 260 g/mol. The van der Waals surface area contributed by atoms with E-state index in [2.05, 4.69) is 10.6 Å². The fraction of sp³-hybridized carbons (Fsp3) is 0.786. The Hall–Kier alpha value is -1.59. The molecule has 0 aliphatic heterocycles. The summed E-state index contributed by atoms with van der Waals surface area (Å²) in [7, 11) is 0. The van der Waals surface area contributed by atoms with E-state index in [0.29, 0.717) is 12.8 Å². The first-order valence-electron chi connectivity index (χ1n) is 6.85. The summed E-state index contributed by atoms with van der Waals surface area (Å²) < 4.78 is 0. The van der Waals surface area contributed by atoms with E-state index >= 15 is 0 Å². The highest BCUT2D eigenvalue weighted by molar-refractivity contribution is 5.88. The van der Waals surface area contributed by atoms with Crippen molar-refractivity contribution >= 4 is 17.8 Å². The molecule has 0 aliphatic carbocycles. The number of aliphatic carboxylic acids is 1. The number of hydrogen-bond donors (Lipinski definition) is 3. The van der Waals surface area contributed by atoms with Gasteiger partial charge in [-0.2, -0.15) is 0 Å². The van der Waals surface area contributed by atoms with Crippen LogP contribution < -0.4 is 10.6 Å². The maximum absolute atomic E-state index is 11.7. The first-order chi connectivity index (χ1) is 9.06. The van der Waals surface area contributed by atoms with Crippen molar-refractivity contribution in [1.29, 1.82) is 0 Å². The quantitative estimate of drug-likeness (QED) is 0.654. The van der Waals surface area contributed by atoms with Crippen LogP contribution in [0.2, 0.25) is 0 Å². The van der Waals surface area contributed by atoms with E-state index < -0.39 is 17.9 Å². The lowest BCUT2D eigenvalue weighted by Crippen LogP contribution is -2.48. The fourth-order valence-electron chi connectivity index (χ4n) is 1.63. The number of carbonyl (C=O) groups excluding carboxylic acids is 2. The van der Waals surface area contributed by atoms with Crippen molar-refractivity contribution in [2.24, 2.45) is 11.3 Å². The highest BCUT2D eigenvalue weighted by Gasteiger charge is 2.25. The molecule has 116 valence electrons. The molecule has 0 aromatic heterocycles. The molecule has 0 radical (unpaired) electrons. The molecule has 0 spiro atoms. The zero-order valence-corrected chi connectivity index (χ0v) is 12.9. The van der Waals surface area contributed by atoms with Gasteiger partial charge in [0.2, 0.25) is 11.8 Å². The lowest BCUT2D eigenvalue weighted by Gasteiger charge is -2.21. The third kappa shape index (κ3) is 7.76. The van der Waals surface area contributed by atoms with E-state index in [0.717, 1.165) is 0 Å². The minimum Gasteiger partial charge on any atom is -0.480 e. The normalized spacial score (nSPS) is 14.2. The van der Waals surface area contributed by atoms with E-state index in [-0.39, 0.29) is 23.8 Å². The third-order valence-electron chi connectivity index (χ3n) is 2.93. The minimum atomic E-state index is -1.06. The second kappa shape index (κ2) is 7.87. The minimum absolute atomic E-state index is 0.152. The van der Waals surface area contributed by atoms with Crippen molar-refractivity contribution in [2.45, 2.75) is 53.5 Å². The van der Waals surface area contributed by atoms with Crippen LogP contribution in [0.1, 0.15) is 47.5 Å². The average molecular weight is 286 g/mol. The van der Waals surface area contributed by atoms with Crippen LogP contribution in [0.15, 0.2) is 0 Å². The van der Waals surface area contributed by atoms with E-state index in [1.807, 2.05) is 27.7 Å². The molecule has 0 bridgehead atoms. The van der Waals surface area contributed by atoms with Crippen LogP contribution in [0.4, 0.5) is 0 Å². The second-order valence-electron chi connectivity index (χ2n) is 6.28. The van der Waals surface area contributed by atoms with Gasteiger partial charge in [0.15, 0.2) is 0 Å². The number of carbonyl (C=O) groups is 3. The van der Waals surface area contributed by atoms with Gasteiger partial charge in [0.05, 0.1) is 6.54 Å². The maximum Gasteiger partial charge on any atom is 0.326 e. The van der Waals surface area contributed by atoms with Gasteiger partial charge in [0, 0.05) is 6.42 Å². The Labute approximate surface area is 120 Å². The molecule has 3 N–H and O–H groups in total. The summed E-state index contributed by atoms with van der Waals surface area (Å²) in [5.74, 6) is -1.93. The Morgan fingerprint density at radius 1 is 1.15 bits per heavy atom. The van der Waals surface area contributed by atoms with Crippen molar-refractivity contribution in [3.05, 3.63) is 0 Å². The lowest BCUT2D eigenvalue weighted by molar-refractivity contribution is -0.143. The molecule has 0 aromatic carbocycles. The maximum atomic E-state index is 11.7. The number of hydrogen-bond acceptors (Lipinski definition) is 3. The first kappa shape index (κ1) is 18.4. The molecule has 2 amide bonds. The topological polar surface area (TPSA) is 95.5 Å². The van der Waals surface area contributed by atoms with Crippen LogP contribution in [-0.4, -0.2) is 35.5 Å². The third-order valence-corrected chi connectivity index (χ3v) is 2.93. The Morgan fingerprint density at radius 3 is 2.10 bits per heavy atom. The molecule has 0 aliphatic rings. The first-order valence-corrected chi connectivity index (χ1v) is 6.85. The number of rotatable bonds is 7. The van der Waals surface area contributed by atoms with Gasteiger partial charge in [-0.25, -0.2) is 4.79 Å². The largest absolute Gasteiger partial charge is 0.480 e. The molecule has 0 fully saturated rings. The van der Waals surface area contributed by atoms with Gasteiger partial charge in [0.25, 0.3) is 0 Å². The molecule has 6 heteroatoms. The van der Waals surface area contributed by atoms with Gasteiger partial charge < -0.3 is 15.7 Å². The molecule has 0 aromatic rings. The number of nitrogens with one attached hydrogen (secondary N) is 2. The second-order valence-corrected chi connectivity index (χ2v) is 6.28. The van der Waals surface area contributed by atoms with Gasteiger partial charge in [-0.3, -0.25) is 9.59 Å². The number of carboxylic acid groups (broad SMARTS) is 1. The van der Waals surface area contributed by atoms with Gasteiger partial charge in [0.1, 0.15) is 6.04 Å². The zero-order chi connectivity index (χ0) is 15.9. The molecular formula is C14H26N2O4. The zero-order valence-electron chi connectivity index (χ0n) is 12.9. The summed E-state index contributed by atoms with van der Waals surface area (Å²) in [6, 6.07) is -0.924. The smallest absolute Gasteiger partial charge is 0.326 e. The summed E-state index contributed by atoms with van der Waals surface area (Å²) in [6.45, 7) is 9.20. The average Bonchev–Trinajstić information content (AvgIpc) is 2.30. The fourth-order valence-corrected chi connectivity index (χ4v) is 1.63. The van der Waals surface area contributed by atoms with Gasteiger partial charge in [-0.05, 0) is 11.3 Å². The van der Waals surface area contributed by atoms with Crippen molar-refractivity contribution in [1.82, 2.24) is 10.6 Å². The summed E-state index contributed by atoms with van der Waals surface area (Å²) in [6.07, 6.45) is 0.960. The Bertz CT molecular complexity index is 361. The molecule has 0 saturated heterocycles. The lowest BCUT2D eigenvalue weighted by atomic mass is 9.92. The van der Waals surface area contributed by atoms with E-state index in [4.69, 9.17) is 5.11 Å². The molecule has 0 rings (SSSR count). The van der Waals surface area contributed by atoms with Crippen molar-refractivity contribution in [3.8, 4) is 0 Å². The van der Waals surface area contributed by atoms with Gasteiger partial charge >= 0.3 is 5.97 Å². The highest BCUT2D eigenvalue weighted by atomic mass is 16.4. The van der Waals surface area contributed by atoms with Crippen molar-refractivity contribution in [2.75, 3.05) is 6.54 Å². The Kier molecular flexibility index (Phi) is 7.24. The Balaban J connectivity index is 4.28. The summed E-state index contributed by atoms with van der Waals surface area (Å²) in [4.78, 5) is 34.3. The Morgan fingerprint density at radius 2 is 1.70 bits per heavy atom.